The van der Waals surface area contributed by atoms with Crippen LogP contribution in [0.4, 0.5) is 0 Å². The molecule has 1 unspecified atom stereocenters. The first-order valence-electron chi connectivity index (χ1n) is 8.60. The molecular weight excluding hydrogens is 441 g/mol. The molecule has 31 heavy (non-hydrogen) atoms. The third-order valence-electron chi connectivity index (χ3n) is 3.56. The van der Waals surface area contributed by atoms with Crippen molar-refractivity contribution in [2.24, 2.45) is 0 Å². The maximum absolute atomic E-state index is 6.07. The number of rotatable bonds is 5. The molecule has 0 aliphatic carbocycles. The molecule has 1 aliphatic heterocycles. The zero-order valence-corrected chi connectivity index (χ0v) is 20.0. The third kappa shape index (κ3) is 17.9. The minimum atomic E-state index is 0.475. The van der Waals surface area contributed by atoms with Gasteiger partial charge in [-0.1, -0.05) is 23.2 Å². The molecule has 2 rings (SSSR count). The molecule has 11 heteroatoms. The van der Waals surface area contributed by atoms with Gasteiger partial charge in [-0.3, -0.25) is 0 Å². The molecule has 0 aromatic heterocycles. The van der Waals surface area contributed by atoms with Gasteiger partial charge in [-0.15, -0.1) is 0 Å². The van der Waals surface area contributed by atoms with E-state index in [0.29, 0.717) is 34.2 Å². The lowest BCUT2D eigenvalue weighted by atomic mass is 10.1. The first kappa shape index (κ1) is 38.9. The molecule has 0 bridgehead atoms. The van der Waals surface area contributed by atoms with E-state index < -0.39 is 0 Å². The van der Waals surface area contributed by atoms with Gasteiger partial charge in [-0.25, -0.2) is 0 Å². The SMILES string of the molecule is C=N.C=N.C=N.C=N.C=N.C=N.COc1c(Cl)cc(Cl)cc1OCCC1CCCN1C. The Morgan fingerprint density at radius 1 is 0.935 bits per heavy atom. The van der Waals surface area contributed by atoms with Crippen molar-refractivity contribution in [2.45, 2.75) is 25.3 Å². The zero-order chi connectivity index (χ0) is 25.8. The normalized spacial score (nSPS) is 12.8. The van der Waals surface area contributed by atoms with E-state index >= 15 is 0 Å². The van der Waals surface area contributed by atoms with Gasteiger partial charge in [0.2, 0.25) is 0 Å². The fourth-order valence-corrected chi connectivity index (χ4v) is 3.04. The number of likely N-dealkylation sites (tertiary alicyclic amines) is 1. The standard InChI is InChI=1S/C14H19Cl2NO2.6CH3N/c1-17-6-3-4-11(17)5-7-19-13-9-10(15)8-12(16)14(13)18-2;6*1-2/h8-9,11H,3-7H2,1-2H3;6*2H,1H2. The summed E-state index contributed by atoms with van der Waals surface area (Å²) in [7, 11) is 3.74. The largest absolute Gasteiger partial charge is 0.491 e. The van der Waals surface area contributed by atoms with E-state index in [4.69, 9.17) is 65.1 Å². The summed E-state index contributed by atoms with van der Waals surface area (Å²) in [6.07, 6.45) is 3.52. The summed E-state index contributed by atoms with van der Waals surface area (Å²) in [6, 6.07) is 4.00. The molecule has 0 spiro atoms. The van der Waals surface area contributed by atoms with Crippen LogP contribution in [0.5, 0.6) is 11.5 Å². The Balaban J connectivity index is -0.000000162. The number of benzene rings is 1. The van der Waals surface area contributed by atoms with Gasteiger partial charge in [0, 0.05) is 17.1 Å². The Labute approximate surface area is 196 Å². The number of nitrogens with zero attached hydrogens (tertiary/aromatic N) is 1. The van der Waals surface area contributed by atoms with Gasteiger partial charge in [-0.05, 0) is 79.2 Å². The van der Waals surface area contributed by atoms with Gasteiger partial charge in [0.05, 0.1) is 18.7 Å². The van der Waals surface area contributed by atoms with Crippen LogP contribution < -0.4 is 9.47 Å². The van der Waals surface area contributed by atoms with E-state index in [-0.39, 0.29) is 0 Å². The van der Waals surface area contributed by atoms with Crippen molar-refractivity contribution in [1.82, 2.24) is 4.90 Å². The van der Waals surface area contributed by atoms with Crippen molar-refractivity contribution in [2.75, 3.05) is 27.3 Å². The molecule has 178 valence electrons. The highest BCUT2D eigenvalue weighted by atomic mass is 35.5. The fourth-order valence-electron chi connectivity index (χ4n) is 2.49. The maximum Gasteiger partial charge on any atom is 0.179 e. The minimum absolute atomic E-state index is 0.475. The van der Waals surface area contributed by atoms with Gasteiger partial charge < -0.3 is 46.8 Å². The quantitative estimate of drug-likeness (QED) is 0.310. The number of methoxy groups -OCH3 is 1. The number of hydrogen-bond acceptors (Lipinski definition) is 9. The topological polar surface area (TPSA) is 165 Å². The molecular formula is C20H37Cl2N7O2. The molecule has 6 N–H and O–H groups in total. The van der Waals surface area contributed by atoms with E-state index in [9.17, 15) is 0 Å². The number of ether oxygens (including phenoxy) is 2. The Bertz CT molecular complexity index is 527. The second-order valence-electron chi connectivity index (χ2n) is 4.83. The second-order valence-corrected chi connectivity index (χ2v) is 5.68. The van der Waals surface area contributed by atoms with Gasteiger partial charge in [-0.2, -0.15) is 0 Å². The van der Waals surface area contributed by atoms with Crippen molar-refractivity contribution < 1.29 is 9.47 Å². The summed E-state index contributed by atoms with van der Waals surface area (Å²) in [6.45, 7) is 16.8. The molecule has 1 fully saturated rings. The van der Waals surface area contributed by atoms with Gasteiger partial charge >= 0.3 is 0 Å². The molecule has 1 heterocycles. The lowest BCUT2D eigenvalue weighted by molar-refractivity contribution is 0.227. The van der Waals surface area contributed by atoms with Crippen LogP contribution in [0.2, 0.25) is 10.0 Å². The predicted octanol–water partition coefficient (Wildman–Crippen LogP) is 5.46. The van der Waals surface area contributed by atoms with Crippen molar-refractivity contribution in [1.29, 1.82) is 32.5 Å². The van der Waals surface area contributed by atoms with Crippen LogP contribution in [0.1, 0.15) is 19.3 Å². The summed E-state index contributed by atoms with van der Waals surface area (Å²) < 4.78 is 11.0. The molecule has 9 nitrogen and oxygen atoms in total. The van der Waals surface area contributed by atoms with Crippen molar-refractivity contribution in [3.05, 3.63) is 22.2 Å². The number of halogens is 2. The van der Waals surface area contributed by atoms with E-state index in [0.717, 1.165) is 6.42 Å². The highest BCUT2D eigenvalue weighted by Gasteiger charge is 2.20. The Hall–Kier alpha value is -2.62. The van der Waals surface area contributed by atoms with Crippen molar-refractivity contribution in [3.8, 4) is 11.5 Å². The zero-order valence-electron chi connectivity index (χ0n) is 18.5. The van der Waals surface area contributed by atoms with Crippen LogP contribution >= 0.6 is 23.2 Å². The van der Waals surface area contributed by atoms with Crippen LogP contribution in [-0.4, -0.2) is 78.6 Å². The molecule has 0 radical (unpaired) electrons. The molecule has 0 amide bonds. The number of hydrogen-bond donors (Lipinski definition) is 6. The van der Waals surface area contributed by atoms with Gasteiger partial charge in [0.1, 0.15) is 0 Å². The van der Waals surface area contributed by atoms with Gasteiger partial charge in [0.15, 0.2) is 11.5 Å². The summed E-state index contributed by atoms with van der Waals surface area (Å²) in [5, 5.41) is 34.0. The van der Waals surface area contributed by atoms with E-state index in [1.54, 1.807) is 19.2 Å². The summed E-state index contributed by atoms with van der Waals surface area (Å²) >= 11 is 12.0. The van der Waals surface area contributed by atoms with E-state index in [1.807, 2.05) is 0 Å². The first-order chi connectivity index (χ1) is 15.1. The molecule has 1 aliphatic rings. The average molecular weight is 478 g/mol. The molecule has 0 saturated carbocycles. The van der Waals surface area contributed by atoms with E-state index in [2.05, 4.69) is 52.3 Å². The van der Waals surface area contributed by atoms with Crippen LogP contribution in [0.3, 0.4) is 0 Å². The highest BCUT2D eigenvalue weighted by Crippen LogP contribution is 2.38. The third-order valence-corrected chi connectivity index (χ3v) is 4.06. The first-order valence-corrected chi connectivity index (χ1v) is 9.35. The Morgan fingerprint density at radius 3 is 1.81 bits per heavy atom. The molecule has 1 saturated heterocycles. The lowest BCUT2D eigenvalue weighted by Gasteiger charge is -2.20. The predicted molar refractivity (Wildman–Crippen MR) is 138 cm³/mol. The number of nitrogens with one attached hydrogen (secondary N) is 6. The maximum atomic E-state index is 6.07. The summed E-state index contributed by atoms with van der Waals surface area (Å²) in [4.78, 5) is 2.38. The molecule has 1 aromatic rings. The Morgan fingerprint density at radius 2 is 1.42 bits per heavy atom. The van der Waals surface area contributed by atoms with Crippen LogP contribution in [-0.2, 0) is 0 Å². The monoisotopic (exact) mass is 477 g/mol. The molecule has 1 aromatic carbocycles. The van der Waals surface area contributed by atoms with Crippen LogP contribution in [0, 0.1) is 32.5 Å². The van der Waals surface area contributed by atoms with Crippen LogP contribution in [0.15, 0.2) is 12.1 Å². The van der Waals surface area contributed by atoms with Crippen LogP contribution in [0.25, 0.3) is 0 Å². The van der Waals surface area contributed by atoms with Crippen molar-refractivity contribution >= 4 is 63.5 Å². The average Bonchev–Trinajstić information content (AvgIpc) is 3.26. The van der Waals surface area contributed by atoms with Gasteiger partial charge in [0.25, 0.3) is 0 Å². The second kappa shape index (κ2) is 32.1. The smallest absolute Gasteiger partial charge is 0.179 e. The summed E-state index contributed by atoms with van der Waals surface area (Å²) in [5.41, 5.74) is 0. The minimum Gasteiger partial charge on any atom is -0.491 e. The molecule has 1 atom stereocenters. The summed E-state index contributed by atoms with van der Waals surface area (Å²) in [5.74, 6) is 1.16. The fraction of sp³-hybridized carbons (Fsp3) is 0.400. The Kier molecular flexibility index (Phi) is 40.2. The van der Waals surface area contributed by atoms with E-state index in [1.165, 1.54) is 19.4 Å². The highest BCUT2D eigenvalue weighted by molar-refractivity contribution is 6.35. The van der Waals surface area contributed by atoms with Crippen molar-refractivity contribution in [3.63, 3.8) is 0 Å². The lowest BCUT2D eigenvalue weighted by Crippen LogP contribution is -2.26.